The zero-order valence-electron chi connectivity index (χ0n) is 10.8. The lowest BCUT2D eigenvalue weighted by Gasteiger charge is -2.30. The van der Waals surface area contributed by atoms with Crippen LogP contribution in [0.25, 0.3) is 0 Å². The third-order valence-corrected chi connectivity index (χ3v) is 4.03. The van der Waals surface area contributed by atoms with E-state index in [1.165, 1.54) is 0 Å². The van der Waals surface area contributed by atoms with Crippen molar-refractivity contribution in [1.29, 1.82) is 0 Å². The molecule has 3 N–H and O–H groups in total. The fourth-order valence-corrected chi connectivity index (χ4v) is 2.83. The van der Waals surface area contributed by atoms with Gasteiger partial charge >= 0.3 is 11.9 Å². The predicted molar refractivity (Wildman–Crippen MR) is 72.1 cm³/mol. The number of nitrogens with one attached hydrogen (secondary N) is 1. The van der Waals surface area contributed by atoms with Crippen molar-refractivity contribution >= 4 is 17.6 Å². The van der Waals surface area contributed by atoms with Crippen molar-refractivity contribution in [2.75, 3.05) is 13.1 Å². The minimum Gasteiger partial charge on any atom is -0.318 e. The van der Waals surface area contributed by atoms with Crippen LogP contribution in [0.4, 0.5) is 10.5 Å². The van der Waals surface area contributed by atoms with Gasteiger partial charge in [0.1, 0.15) is 13.1 Å². The Bertz CT molecular complexity index is 539. The van der Waals surface area contributed by atoms with Crippen molar-refractivity contribution in [1.82, 2.24) is 9.80 Å². The third-order valence-electron chi connectivity index (χ3n) is 4.03. The van der Waals surface area contributed by atoms with Gasteiger partial charge in [0.05, 0.1) is 0 Å². The molecule has 3 rings (SSSR count). The molecule has 0 aromatic heterocycles. The first-order valence-electron chi connectivity index (χ1n) is 6.65. The average Bonchev–Trinajstić information content (AvgIpc) is 3.20. The molecule has 1 aromatic rings. The Labute approximate surface area is 112 Å². The van der Waals surface area contributed by atoms with Gasteiger partial charge in [-0.2, -0.15) is 0 Å². The predicted octanol–water partition coefficient (Wildman–Crippen LogP) is 1.11. The summed E-state index contributed by atoms with van der Waals surface area (Å²) in [6.07, 6.45) is 2.16. The molecular weight excluding hydrogens is 242 g/mol. The highest BCUT2D eigenvalue weighted by Crippen LogP contribution is 2.37. The van der Waals surface area contributed by atoms with Gasteiger partial charge in [-0.05, 0) is 12.8 Å². The topological polar surface area (TPSA) is 72.2 Å². The number of hydrogen-bond acceptors (Lipinski definition) is 3. The van der Waals surface area contributed by atoms with Gasteiger partial charge < -0.3 is 11.1 Å². The zero-order valence-corrected chi connectivity index (χ0v) is 10.8. The average molecular weight is 260 g/mol. The van der Waals surface area contributed by atoms with Gasteiger partial charge in [0.2, 0.25) is 0 Å². The number of rotatable bonds is 2. The zero-order chi connectivity index (χ0) is 13.5. The van der Waals surface area contributed by atoms with Crippen molar-refractivity contribution in [3.63, 3.8) is 0 Å². The van der Waals surface area contributed by atoms with E-state index < -0.39 is 6.03 Å². The van der Waals surface area contributed by atoms with Crippen LogP contribution in [0.1, 0.15) is 18.4 Å². The second kappa shape index (κ2) is 4.43. The standard InChI is InChI=1S/C14H17N3O2/c15-14(19)17(9-10-5-6-10)12-4-2-1-3-11(12)7-16-8-13(17)18/h1-4,10,16H,5-9H2,(H-,15,19)/p+1. The molecule has 19 heavy (non-hydrogen) atoms. The summed E-state index contributed by atoms with van der Waals surface area (Å²) in [5.74, 6) is 0.284. The maximum atomic E-state index is 12.5. The van der Waals surface area contributed by atoms with Crippen LogP contribution in [0, 0.1) is 5.92 Å². The molecule has 2 aliphatic rings. The first kappa shape index (κ1) is 12.3. The van der Waals surface area contributed by atoms with Crippen LogP contribution < -0.4 is 15.5 Å². The normalized spacial score (nSPS) is 26.6. The SMILES string of the molecule is NC(=O)[N+]1(CC2CC2)C(=O)CNCc2ccccc21. The molecule has 0 saturated heterocycles. The van der Waals surface area contributed by atoms with Crippen LogP contribution >= 0.6 is 0 Å². The lowest BCUT2D eigenvalue weighted by Crippen LogP contribution is -2.63. The second-order valence-electron chi connectivity index (χ2n) is 5.40. The van der Waals surface area contributed by atoms with E-state index in [-0.39, 0.29) is 16.9 Å². The number of quaternary nitrogens is 1. The fraction of sp³-hybridized carbons (Fsp3) is 0.429. The molecule has 1 aromatic carbocycles. The Hall–Kier alpha value is -1.72. The third kappa shape index (κ3) is 1.95. The number of primary amides is 1. The van der Waals surface area contributed by atoms with E-state index in [0.29, 0.717) is 19.0 Å². The van der Waals surface area contributed by atoms with E-state index in [1.54, 1.807) is 0 Å². The maximum absolute atomic E-state index is 12.5. The van der Waals surface area contributed by atoms with E-state index in [2.05, 4.69) is 5.32 Å². The molecule has 0 spiro atoms. The molecule has 0 radical (unpaired) electrons. The highest BCUT2D eigenvalue weighted by Gasteiger charge is 2.50. The molecule has 1 unspecified atom stereocenters. The van der Waals surface area contributed by atoms with Crippen LogP contribution in [-0.4, -0.2) is 25.0 Å². The molecular formula is C14H18N3O2+. The van der Waals surface area contributed by atoms with Crippen LogP contribution in [0.3, 0.4) is 0 Å². The number of amides is 3. The highest BCUT2D eigenvalue weighted by molar-refractivity contribution is 6.09. The molecule has 0 bridgehead atoms. The summed E-state index contributed by atoms with van der Waals surface area (Å²) in [7, 11) is 0. The molecule has 1 aliphatic heterocycles. The Morgan fingerprint density at radius 1 is 1.32 bits per heavy atom. The Balaban J connectivity index is 2.17. The first-order chi connectivity index (χ1) is 9.14. The molecule has 1 atom stereocenters. The highest BCUT2D eigenvalue weighted by atomic mass is 16.2. The molecule has 3 amide bonds. The summed E-state index contributed by atoms with van der Waals surface area (Å²) in [5.41, 5.74) is 7.36. The van der Waals surface area contributed by atoms with E-state index in [1.807, 2.05) is 24.3 Å². The molecule has 5 heteroatoms. The van der Waals surface area contributed by atoms with E-state index in [4.69, 9.17) is 5.73 Å². The summed E-state index contributed by atoms with van der Waals surface area (Å²) < 4.78 is -0.326. The van der Waals surface area contributed by atoms with Gasteiger partial charge in [-0.3, -0.25) is 0 Å². The number of nitrogens with zero attached hydrogens (tertiary/aromatic N) is 1. The van der Waals surface area contributed by atoms with Crippen LogP contribution in [0.5, 0.6) is 0 Å². The molecule has 5 nitrogen and oxygen atoms in total. The van der Waals surface area contributed by atoms with Gasteiger partial charge in [0, 0.05) is 24.1 Å². The lowest BCUT2D eigenvalue weighted by atomic mass is 10.1. The van der Waals surface area contributed by atoms with E-state index in [9.17, 15) is 9.59 Å². The Morgan fingerprint density at radius 3 is 2.74 bits per heavy atom. The lowest BCUT2D eigenvalue weighted by molar-refractivity contribution is -0.126. The summed E-state index contributed by atoms with van der Waals surface area (Å²) in [5, 5.41) is 3.08. The number of imide groups is 1. The minimum atomic E-state index is -0.562. The van der Waals surface area contributed by atoms with Crippen molar-refractivity contribution in [3.05, 3.63) is 29.8 Å². The van der Waals surface area contributed by atoms with Crippen LogP contribution in [0.2, 0.25) is 0 Å². The number of carbonyl (C=O) groups excluding carboxylic acids is 2. The van der Waals surface area contributed by atoms with Gasteiger partial charge in [-0.15, -0.1) is 4.48 Å². The number of benzene rings is 1. The number of nitrogens with two attached hydrogens (primary N) is 1. The Kier molecular flexibility index (Phi) is 2.88. The molecule has 1 heterocycles. The Morgan fingerprint density at radius 2 is 2.05 bits per heavy atom. The van der Waals surface area contributed by atoms with Gasteiger partial charge in [0.25, 0.3) is 0 Å². The number of urea groups is 1. The number of fused-ring (bicyclic) bond motifs is 1. The first-order valence-corrected chi connectivity index (χ1v) is 6.65. The quantitative estimate of drug-likeness (QED) is 0.782. The van der Waals surface area contributed by atoms with E-state index in [0.717, 1.165) is 24.1 Å². The number of carbonyl (C=O) groups is 2. The molecule has 1 saturated carbocycles. The smallest absolute Gasteiger partial charge is 0.318 e. The largest absolute Gasteiger partial charge is 0.426 e. The van der Waals surface area contributed by atoms with Crippen LogP contribution in [-0.2, 0) is 11.3 Å². The molecule has 100 valence electrons. The molecule has 1 aliphatic carbocycles. The summed E-state index contributed by atoms with van der Waals surface area (Å²) in [4.78, 5) is 24.6. The molecule has 1 fully saturated rings. The summed E-state index contributed by atoms with van der Waals surface area (Å²) in [6.45, 7) is 1.29. The van der Waals surface area contributed by atoms with Crippen molar-refractivity contribution in [2.24, 2.45) is 11.7 Å². The van der Waals surface area contributed by atoms with Gasteiger partial charge in [-0.25, -0.2) is 9.59 Å². The van der Waals surface area contributed by atoms with E-state index >= 15 is 0 Å². The van der Waals surface area contributed by atoms with Crippen molar-refractivity contribution < 1.29 is 9.59 Å². The second-order valence-corrected chi connectivity index (χ2v) is 5.40. The van der Waals surface area contributed by atoms with Crippen molar-refractivity contribution in [2.45, 2.75) is 19.4 Å². The number of hydrogen-bond donors (Lipinski definition) is 2. The monoisotopic (exact) mass is 260 g/mol. The van der Waals surface area contributed by atoms with Gasteiger partial charge in [0.15, 0.2) is 5.69 Å². The van der Waals surface area contributed by atoms with Crippen molar-refractivity contribution in [3.8, 4) is 0 Å². The maximum Gasteiger partial charge on any atom is 0.426 e. The number of para-hydroxylation sites is 1. The van der Waals surface area contributed by atoms with Gasteiger partial charge in [-0.1, -0.05) is 18.2 Å². The fourth-order valence-electron chi connectivity index (χ4n) is 2.83. The van der Waals surface area contributed by atoms with Crippen LogP contribution in [0.15, 0.2) is 24.3 Å². The minimum absolute atomic E-state index is 0.149. The summed E-state index contributed by atoms with van der Waals surface area (Å²) >= 11 is 0. The summed E-state index contributed by atoms with van der Waals surface area (Å²) in [6, 6.07) is 7.02.